The molecule has 0 bridgehead atoms. The van der Waals surface area contributed by atoms with Gasteiger partial charge < -0.3 is 15.1 Å². The van der Waals surface area contributed by atoms with Crippen LogP contribution >= 0.6 is 0 Å². The van der Waals surface area contributed by atoms with Crippen LogP contribution in [0.2, 0.25) is 0 Å². The van der Waals surface area contributed by atoms with Crippen molar-refractivity contribution < 1.29 is 22.4 Å². The summed E-state index contributed by atoms with van der Waals surface area (Å²) in [6.45, 7) is 7.84. The van der Waals surface area contributed by atoms with E-state index in [0.717, 1.165) is 11.3 Å². The number of carbonyl (C=O) groups excluding carboxylic acids is 2. The number of aromatic nitrogens is 2. The first-order valence-corrected chi connectivity index (χ1v) is 12.8. The minimum absolute atomic E-state index is 0.00533. The Kier molecular flexibility index (Phi) is 6.11. The number of hydrogen-bond donors (Lipinski definition) is 2. The highest BCUT2D eigenvalue weighted by molar-refractivity contribution is 7.91. The molecule has 10 heteroatoms. The van der Waals surface area contributed by atoms with E-state index in [9.17, 15) is 18.0 Å². The molecule has 1 aliphatic heterocycles. The summed E-state index contributed by atoms with van der Waals surface area (Å²) in [7, 11) is -3.13. The number of furan rings is 1. The second kappa shape index (κ2) is 8.75. The van der Waals surface area contributed by atoms with E-state index < -0.39 is 21.7 Å². The molecule has 0 radical (unpaired) electrons. The number of rotatable bonds is 5. The van der Waals surface area contributed by atoms with E-state index in [2.05, 4.69) is 15.7 Å². The van der Waals surface area contributed by atoms with E-state index in [1.165, 1.54) is 6.26 Å². The van der Waals surface area contributed by atoms with Gasteiger partial charge in [-0.25, -0.2) is 13.1 Å². The zero-order chi connectivity index (χ0) is 24.7. The van der Waals surface area contributed by atoms with Crippen LogP contribution in [0.25, 0.3) is 0 Å². The largest absolute Gasteiger partial charge is 0.459 e. The van der Waals surface area contributed by atoms with Gasteiger partial charge in [0.25, 0.3) is 11.8 Å². The average molecular weight is 485 g/mol. The molecule has 34 heavy (non-hydrogen) atoms. The Labute approximate surface area is 198 Å². The van der Waals surface area contributed by atoms with Crippen LogP contribution in [-0.4, -0.2) is 41.5 Å². The molecule has 4 rings (SSSR count). The van der Waals surface area contributed by atoms with Crippen molar-refractivity contribution in [3.63, 3.8) is 0 Å². The van der Waals surface area contributed by atoms with Crippen LogP contribution < -0.4 is 10.6 Å². The number of carbonyl (C=O) groups is 2. The fraction of sp³-hybridized carbons (Fsp3) is 0.375. The Bertz CT molecular complexity index is 1330. The van der Waals surface area contributed by atoms with Gasteiger partial charge in [-0.05, 0) is 43.2 Å². The number of hydrogen-bond acceptors (Lipinski definition) is 6. The number of anilines is 2. The van der Waals surface area contributed by atoms with Gasteiger partial charge in [-0.1, -0.05) is 26.8 Å². The van der Waals surface area contributed by atoms with E-state index in [1.54, 1.807) is 41.1 Å². The van der Waals surface area contributed by atoms with Gasteiger partial charge in [0.05, 0.1) is 29.5 Å². The second-order valence-corrected chi connectivity index (χ2v) is 11.8. The molecule has 1 aromatic carbocycles. The molecule has 2 aromatic heterocycles. The van der Waals surface area contributed by atoms with Crippen molar-refractivity contribution in [1.29, 1.82) is 0 Å². The van der Waals surface area contributed by atoms with Crippen LogP contribution in [0.3, 0.4) is 0 Å². The quantitative estimate of drug-likeness (QED) is 0.565. The lowest BCUT2D eigenvalue weighted by molar-refractivity contribution is 0.0993. The highest BCUT2D eigenvalue weighted by Gasteiger charge is 2.33. The summed E-state index contributed by atoms with van der Waals surface area (Å²) >= 11 is 0. The molecule has 9 nitrogen and oxygen atoms in total. The summed E-state index contributed by atoms with van der Waals surface area (Å²) in [6, 6.07) is 9.63. The van der Waals surface area contributed by atoms with Gasteiger partial charge in [0.2, 0.25) is 0 Å². The number of aryl methyl sites for hydroxylation is 1. The third-order valence-electron chi connectivity index (χ3n) is 5.79. The standard InChI is InChI=1S/C24H28N4O5S/c1-15-7-8-16(12-18(15)25-23(30)19-6-5-10-33-19)22(29)26-21-13-20(24(2,3)4)27-28(21)17-9-11-34(31,32)14-17/h5-8,10,12-13,17H,9,11,14H2,1-4H3,(H,25,30)(H,26,29). The normalized spacial score (nSPS) is 17.5. The zero-order valence-corrected chi connectivity index (χ0v) is 20.4. The van der Waals surface area contributed by atoms with E-state index >= 15 is 0 Å². The molecular formula is C24H28N4O5S. The van der Waals surface area contributed by atoms with Crippen molar-refractivity contribution in [3.05, 3.63) is 65.2 Å². The van der Waals surface area contributed by atoms with E-state index in [1.807, 2.05) is 27.7 Å². The molecule has 0 spiro atoms. The topological polar surface area (TPSA) is 123 Å². The van der Waals surface area contributed by atoms with Crippen LogP contribution in [0.15, 0.2) is 47.1 Å². The Morgan fingerprint density at radius 3 is 2.50 bits per heavy atom. The Hall–Kier alpha value is -3.40. The molecule has 1 saturated heterocycles. The number of amides is 2. The SMILES string of the molecule is Cc1ccc(C(=O)Nc2cc(C(C)(C)C)nn2C2CCS(=O)(=O)C2)cc1NC(=O)c1ccco1. The van der Waals surface area contributed by atoms with Crippen LogP contribution in [0.1, 0.15) is 65.4 Å². The molecular weight excluding hydrogens is 456 g/mol. The van der Waals surface area contributed by atoms with Crippen LogP contribution in [0, 0.1) is 6.92 Å². The zero-order valence-electron chi connectivity index (χ0n) is 19.6. The van der Waals surface area contributed by atoms with Crippen molar-refractivity contribution in [3.8, 4) is 0 Å². The fourth-order valence-electron chi connectivity index (χ4n) is 3.78. The maximum Gasteiger partial charge on any atom is 0.291 e. The summed E-state index contributed by atoms with van der Waals surface area (Å²) in [5.41, 5.74) is 2.08. The Morgan fingerprint density at radius 1 is 1.12 bits per heavy atom. The van der Waals surface area contributed by atoms with Gasteiger partial charge in [-0.3, -0.25) is 9.59 Å². The summed E-state index contributed by atoms with van der Waals surface area (Å²) in [5.74, 6) is -0.101. The second-order valence-electron chi connectivity index (χ2n) is 9.58. The van der Waals surface area contributed by atoms with Gasteiger partial charge in [0.1, 0.15) is 5.82 Å². The van der Waals surface area contributed by atoms with Gasteiger partial charge >= 0.3 is 0 Å². The number of nitrogens with zero attached hydrogens (tertiary/aromatic N) is 2. The van der Waals surface area contributed by atoms with Crippen molar-refractivity contribution in [1.82, 2.24) is 9.78 Å². The van der Waals surface area contributed by atoms with E-state index in [4.69, 9.17) is 4.42 Å². The molecule has 1 aliphatic rings. The third kappa shape index (κ3) is 5.06. The molecule has 1 fully saturated rings. The molecule has 1 atom stereocenters. The Balaban J connectivity index is 1.60. The van der Waals surface area contributed by atoms with Crippen LogP contribution in [0.4, 0.5) is 11.5 Å². The first-order chi connectivity index (χ1) is 15.9. The Morgan fingerprint density at radius 2 is 1.88 bits per heavy atom. The molecule has 3 aromatic rings. The van der Waals surface area contributed by atoms with Gasteiger partial charge in [0, 0.05) is 22.7 Å². The molecule has 2 N–H and O–H groups in total. The lowest BCUT2D eigenvalue weighted by Crippen LogP contribution is -2.20. The van der Waals surface area contributed by atoms with Crippen LogP contribution in [-0.2, 0) is 15.3 Å². The summed E-state index contributed by atoms with van der Waals surface area (Å²) in [6.07, 6.45) is 1.86. The molecule has 0 aliphatic carbocycles. The molecule has 180 valence electrons. The lowest BCUT2D eigenvalue weighted by Gasteiger charge is -2.16. The molecule has 2 amide bonds. The third-order valence-corrected chi connectivity index (χ3v) is 7.54. The lowest BCUT2D eigenvalue weighted by atomic mass is 9.92. The minimum Gasteiger partial charge on any atom is -0.459 e. The number of sulfone groups is 1. The molecule has 0 saturated carbocycles. The predicted octanol–water partition coefficient (Wildman–Crippen LogP) is 3.95. The summed E-state index contributed by atoms with van der Waals surface area (Å²) < 4.78 is 30.8. The summed E-state index contributed by atoms with van der Waals surface area (Å²) in [5, 5.41) is 10.3. The predicted molar refractivity (Wildman–Crippen MR) is 129 cm³/mol. The van der Waals surface area contributed by atoms with Crippen molar-refractivity contribution >= 4 is 33.2 Å². The average Bonchev–Trinajstić information content (AvgIpc) is 3.48. The highest BCUT2D eigenvalue weighted by atomic mass is 32.2. The van der Waals surface area contributed by atoms with E-state index in [0.29, 0.717) is 23.5 Å². The maximum atomic E-state index is 13.1. The summed E-state index contributed by atoms with van der Waals surface area (Å²) in [4.78, 5) is 25.5. The first-order valence-electron chi connectivity index (χ1n) is 11.0. The van der Waals surface area contributed by atoms with Crippen molar-refractivity contribution in [2.45, 2.75) is 45.6 Å². The van der Waals surface area contributed by atoms with Gasteiger partial charge in [-0.2, -0.15) is 5.10 Å². The van der Waals surface area contributed by atoms with Crippen LogP contribution in [0.5, 0.6) is 0 Å². The fourth-order valence-corrected chi connectivity index (χ4v) is 5.47. The molecule has 3 heterocycles. The highest BCUT2D eigenvalue weighted by Crippen LogP contribution is 2.31. The molecule has 1 unspecified atom stereocenters. The number of benzene rings is 1. The van der Waals surface area contributed by atoms with E-state index in [-0.39, 0.29) is 28.7 Å². The first kappa shape index (κ1) is 23.7. The number of nitrogens with one attached hydrogen (secondary N) is 2. The maximum absolute atomic E-state index is 13.1. The minimum atomic E-state index is -3.13. The smallest absolute Gasteiger partial charge is 0.291 e. The van der Waals surface area contributed by atoms with Gasteiger partial charge in [0.15, 0.2) is 15.6 Å². The van der Waals surface area contributed by atoms with Crippen molar-refractivity contribution in [2.24, 2.45) is 0 Å². The van der Waals surface area contributed by atoms with Crippen molar-refractivity contribution in [2.75, 3.05) is 22.1 Å². The van der Waals surface area contributed by atoms with Gasteiger partial charge in [-0.15, -0.1) is 0 Å². The monoisotopic (exact) mass is 484 g/mol.